The van der Waals surface area contributed by atoms with Gasteiger partial charge in [0.05, 0.1) is 6.26 Å². The lowest BCUT2D eigenvalue weighted by Gasteiger charge is -2.10. The molecule has 0 atom stereocenters. The molecule has 2 aromatic carbocycles. The van der Waals surface area contributed by atoms with Crippen LogP contribution in [0.5, 0.6) is 11.6 Å². The third-order valence-corrected chi connectivity index (χ3v) is 4.87. The summed E-state index contributed by atoms with van der Waals surface area (Å²) in [6.45, 7) is 4.28. The van der Waals surface area contributed by atoms with Crippen LogP contribution in [0.3, 0.4) is 0 Å². The van der Waals surface area contributed by atoms with Crippen molar-refractivity contribution in [3.63, 3.8) is 0 Å². The summed E-state index contributed by atoms with van der Waals surface area (Å²) in [5.41, 5.74) is 3.79. The molecule has 7 nitrogen and oxygen atoms in total. The number of aromatic nitrogens is 1. The Labute approximate surface area is 176 Å². The second-order valence-corrected chi connectivity index (χ2v) is 8.76. The lowest BCUT2D eigenvalue weighted by atomic mass is 10.1. The lowest BCUT2D eigenvalue weighted by molar-refractivity contribution is 0.0951. The molecule has 0 unspecified atom stereocenters. The molecule has 0 radical (unpaired) electrons. The number of nitrogens with one attached hydrogen (secondary N) is 2. The smallest absolute Gasteiger partial charge is 0.251 e. The lowest BCUT2D eigenvalue weighted by Crippen LogP contribution is -2.22. The van der Waals surface area contributed by atoms with E-state index in [1.165, 1.54) is 12.1 Å². The number of carbonyl (C=O) groups excluding carboxylic acids is 1. The van der Waals surface area contributed by atoms with E-state index in [0.717, 1.165) is 28.7 Å². The minimum Gasteiger partial charge on any atom is -0.439 e. The van der Waals surface area contributed by atoms with Crippen LogP contribution >= 0.6 is 0 Å². The van der Waals surface area contributed by atoms with Crippen molar-refractivity contribution >= 4 is 21.6 Å². The Morgan fingerprint density at radius 3 is 2.40 bits per heavy atom. The van der Waals surface area contributed by atoms with Gasteiger partial charge in [-0.25, -0.2) is 13.4 Å². The van der Waals surface area contributed by atoms with Gasteiger partial charge in [0.25, 0.3) is 5.91 Å². The van der Waals surface area contributed by atoms with Crippen molar-refractivity contribution < 1.29 is 17.9 Å². The van der Waals surface area contributed by atoms with Gasteiger partial charge in [-0.1, -0.05) is 18.2 Å². The Morgan fingerprint density at radius 1 is 1.03 bits per heavy atom. The minimum atomic E-state index is -3.35. The first-order chi connectivity index (χ1) is 14.2. The summed E-state index contributed by atoms with van der Waals surface area (Å²) in [6.07, 6.45) is 2.72. The number of carbonyl (C=O) groups is 1. The minimum absolute atomic E-state index is 0.267. The molecule has 0 aliphatic rings. The molecule has 3 rings (SSSR count). The van der Waals surface area contributed by atoms with Gasteiger partial charge in [-0.2, -0.15) is 0 Å². The SMILES string of the molecule is Cc1ccc(C)c(Oc2ccc(CNC(=O)c3ccc(NS(C)(=O)=O)cc3)cn2)c1. The van der Waals surface area contributed by atoms with Crippen molar-refractivity contribution in [2.45, 2.75) is 20.4 Å². The molecule has 0 bridgehead atoms. The third kappa shape index (κ3) is 6.05. The second kappa shape index (κ2) is 8.96. The maximum absolute atomic E-state index is 12.3. The Kier molecular flexibility index (Phi) is 6.37. The van der Waals surface area contributed by atoms with E-state index in [4.69, 9.17) is 4.74 Å². The van der Waals surface area contributed by atoms with Crippen LogP contribution in [0.25, 0.3) is 0 Å². The first kappa shape index (κ1) is 21.3. The second-order valence-electron chi connectivity index (χ2n) is 7.01. The van der Waals surface area contributed by atoms with Gasteiger partial charge in [0, 0.05) is 30.1 Å². The molecule has 0 saturated carbocycles. The van der Waals surface area contributed by atoms with Gasteiger partial charge in [-0.05, 0) is 60.9 Å². The van der Waals surface area contributed by atoms with E-state index >= 15 is 0 Å². The number of pyridine rings is 1. The molecule has 2 N–H and O–H groups in total. The first-order valence-corrected chi connectivity index (χ1v) is 11.1. The van der Waals surface area contributed by atoms with Crippen LogP contribution < -0.4 is 14.8 Å². The number of sulfonamides is 1. The van der Waals surface area contributed by atoms with E-state index < -0.39 is 10.0 Å². The van der Waals surface area contributed by atoms with E-state index in [1.807, 2.05) is 38.1 Å². The topological polar surface area (TPSA) is 97.4 Å². The summed E-state index contributed by atoms with van der Waals surface area (Å²) < 4.78 is 30.7. The van der Waals surface area contributed by atoms with Crippen LogP contribution in [0.4, 0.5) is 5.69 Å². The molecule has 0 aliphatic carbocycles. The fraction of sp³-hybridized carbons (Fsp3) is 0.182. The molecule has 3 aromatic rings. The number of amides is 1. The molecular formula is C22H23N3O4S. The van der Waals surface area contributed by atoms with Crippen molar-refractivity contribution in [1.29, 1.82) is 0 Å². The fourth-order valence-electron chi connectivity index (χ4n) is 2.69. The van der Waals surface area contributed by atoms with E-state index in [0.29, 0.717) is 23.7 Å². The van der Waals surface area contributed by atoms with Crippen LogP contribution in [-0.2, 0) is 16.6 Å². The van der Waals surface area contributed by atoms with Gasteiger partial charge >= 0.3 is 0 Å². The highest BCUT2D eigenvalue weighted by molar-refractivity contribution is 7.92. The van der Waals surface area contributed by atoms with Gasteiger partial charge in [0.1, 0.15) is 5.75 Å². The maximum Gasteiger partial charge on any atom is 0.251 e. The quantitative estimate of drug-likeness (QED) is 0.600. The monoisotopic (exact) mass is 425 g/mol. The Hall–Kier alpha value is -3.39. The summed E-state index contributed by atoms with van der Waals surface area (Å²) in [6, 6.07) is 15.8. The van der Waals surface area contributed by atoms with Crippen molar-refractivity contribution in [2.24, 2.45) is 0 Å². The Bertz CT molecular complexity index is 1140. The normalized spacial score (nSPS) is 11.0. The summed E-state index contributed by atoms with van der Waals surface area (Å²) in [7, 11) is -3.35. The van der Waals surface area contributed by atoms with E-state index in [1.54, 1.807) is 24.4 Å². The molecule has 0 aliphatic heterocycles. The highest BCUT2D eigenvalue weighted by Gasteiger charge is 2.08. The van der Waals surface area contributed by atoms with Gasteiger partial charge in [0.15, 0.2) is 0 Å². The van der Waals surface area contributed by atoms with Gasteiger partial charge < -0.3 is 10.1 Å². The molecule has 0 spiro atoms. The average molecular weight is 426 g/mol. The zero-order valence-corrected chi connectivity index (χ0v) is 17.8. The first-order valence-electron chi connectivity index (χ1n) is 9.26. The molecule has 156 valence electrons. The van der Waals surface area contributed by atoms with Gasteiger partial charge in [0.2, 0.25) is 15.9 Å². The third-order valence-electron chi connectivity index (χ3n) is 4.26. The zero-order valence-electron chi connectivity index (χ0n) is 17.0. The zero-order chi connectivity index (χ0) is 21.7. The number of aryl methyl sites for hydroxylation is 2. The molecule has 1 aromatic heterocycles. The number of anilines is 1. The summed E-state index contributed by atoms with van der Waals surface area (Å²) >= 11 is 0. The van der Waals surface area contributed by atoms with Crippen LogP contribution in [0, 0.1) is 13.8 Å². The van der Waals surface area contributed by atoms with Gasteiger partial charge in [-0.15, -0.1) is 0 Å². The predicted molar refractivity (Wildman–Crippen MR) is 116 cm³/mol. The summed E-state index contributed by atoms with van der Waals surface area (Å²) in [4.78, 5) is 16.6. The fourth-order valence-corrected chi connectivity index (χ4v) is 3.26. The summed E-state index contributed by atoms with van der Waals surface area (Å²) in [5.74, 6) is 0.974. The number of hydrogen-bond acceptors (Lipinski definition) is 5. The van der Waals surface area contributed by atoms with Crippen molar-refractivity contribution in [3.8, 4) is 11.6 Å². The van der Waals surface area contributed by atoms with Crippen LogP contribution in [-0.4, -0.2) is 25.6 Å². The number of benzene rings is 2. The van der Waals surface area contributed by atoms with E-state index in [-0.39, 0.29) is 5.91 Å². The van der Waals surface area contributed by atoms with Crippen molar-refractivity contribution in [3.05, 3.63) is 83.0 Å². The highest BCUT2D eigenvalue weighted by Crippen LogP contribution is 2.24. The maximum atomic E-state index is 12.3. The highest BCUT2D eigenvalue weighted by atomic mass is 32.2. The van der Waals surface area contributed by atoms with E-state index in [2.05, 4.69) is 15.0 Å². The number of nitrogens with zero attached hydrogens (tertiary/aromatic N) is 1. The number of rotatable bonds is 7. The summed E-state index contributed by atoms with van der Waals surface area (Å²) in [5, 5.41) is 2.81. The largest absolute Gasteiger partial charge is 0.439 e. The van der Waals surface area contributed by atoms with Crippen molar-refractivity contribution in [2.75, 3.05) is 11.0 Å². The van der Waals surface area contributed by atoms with Crippen LogP contribution in [0.15, 0.2) is 60.8 Å². The number of ether oxygens (including phenoxy) is 1. The molecule has 1 amide bonds. The molecular weight excluding hydrogens is 402 g/mol. The predicted octanol–water partition coefficient (Wildman–Crippen LogP) is 3.79. The molecule has 0 saturated heterocycles. The Balaban J connectivity index is 1.57. The van der Waals surface area contributed by atoms with Gasteiger partial charge in [-0.3, -0.25) is 9.52 Å². The standard InChI is InChI=1S/C22H23N3O4S/c1-15-4-5-16(2)20(12-15)29-21-11-6-17(13-23-21)14-24-22(26)18-7-9-19(10-8-18)25-30(3,27)28/h4-13,25H,14H2,1-3H3,(H,24,26). The molecule has 8 heteroatoms. The molecule has 30 heavy (non-hydrogen) atoms. The number of hydrogen-bond donors (Lipinski definition) is 2. The van der Waals surface area contributed by atoms with Crippen molar-refractivity contribution in [1.82, 2.24) is 10.3 Å². The molecule has 0 fully saturated rings. The van der Waals surface area contributed by atoms with Crippen LogP contribution in [0.1, 0.15) is 27.0 Å². The van der Waals surface area contributed by atoms with Crippen LogP contribution in [0.2, 0.25) is 0 Å². The molecule has 1 heterocycles. The van der Waals surface area contributed by atoms with E-state index in [9.17, 15) is 13.2 Å². The Morgan fingerprint density at radius 2 is 1.77 bits per heavy atom. The average Bonchev–Trinajstić information content (AvgIpc) is 2.69.